The Bertz CT molecular complexity index is 287. The largest absolute Gasteiger partial charge is 0.324 e. The van der Waals surface area contributed by atoms with Crippen molar-refractivity contribution in [2.75, 3.05) is 13.1 Å². The first-order valence-electron chi connectivity index (χ1n) is 5.21. The van der Waals surface area contributed by atoms with Crippen LogP contribution in [-0.4, -0.2) is 18.6 Å². The topological polar surface area (TPSA) is 38.0 Å². The van der Waals surface area contributed by atoms with Crippen LogP contribution >= 0.6 is 15.9 Å². The van der Waals surface area contributed by atoms with Gasteiger partial charge in [0.1, 0.15) is 0 Å². The fourth-order valence-electron chi connectivity index (χ4n) is 1.29. The molecule has 0 aromatic heterocycles. The molecule has 0 aliphatic heterocycles. The quantitative estimate of drug-likeness (QED) is 0.806. The molecule has 0 aliphatic rings. The smallest absolute Gasteiger partial charge is 0.0223 e. The zero-order valence-corrected chi connectivity index (χ0v) is 11.0. The molecule has 0 amide bonds. The maximum absolute atomic E-state index is 5.87. The van der Waals surface area contributed by atoms with E-state index in [-0.39, 0.29) is 5.54 Å². The molecule has 0 spiro atoms. The highest BCUT2D eigenvalue weighted by atomic mass is 79.9. The van der Waals surface area contributed by atoms with E-state index < -0.39 is 0 Å². The van der Waals surface area contributed by atoms with Gasteiger partial charge < -0.3 is 11.1 Å². The van der Waals surface area contributed by atoms with Crippen molar-refractivity contribution in [3.8, 4) is 0 Å². The summed E-state index contributed by atoms with van der Waals surface area (Å²) in [7, 11) is 0. The molecular formula is C12H19BrN2. The van der Waals surface area contributed by atoms with Crippen LogP contribution in [0.3, 0.4) is 0 Å². The molecule has 15 heavy (non-hydrogen) atoms. The van der Waals surface area contributed by atoms with Crippen LogP contribution in [0, 0.1) is 0 Å². The van der Waals surface area contributed by atoms with Gasteiger partial charge in [0.25, 0.3) is 0 Å². The summed E-state index contributed by atoms with van der Waals surface area (Å²) in [5.74, 6) is 0. The second-order valence-electron chi connectivity index (χ2n) is 4.54. The predicted octanol–water partition coefficient (Wildman–Crippen LogP) is 2.32. The van der Waals surface area contributed by atoms with E-state index in [9.17, 15) is 0 Å². The highest BCUT2D eigenvalue weighted by Gasteiger charge is 2.08. The molecule has 1 aromatic carbocycles. The summed E-state index contributed by atoms with van der Waals surface area (Å²) in [4.78, 5) is 0. The van der Waals surface area contributed by atoms with Crippen LogP contribution in [0.15, 0.2) is 28.7 Å². The second kappa shape index (κ2) is 5.64. The van der Waals surface area contributed by atoms with E-state index >= 15 is 0 Å². The Balaban J connectivity index is 2.23. The molecule has 0 bridgehead atoms. The molecule has 1 aromatic rings. The van der Waals surface area contributed by atoms with Gasteiger partial charge in [-0.15, -0.1) is 0 Å². The SMILES string of the molecule is CC(C)(N)CNCCc1ccc(Br)cc1. The van der Waals surface area contributed by atoms with Crippen molar-refractivity contribution in [1.82, 2.24) is 5.32 Å². The minimum atomic E-state index is -0.125. The first-order valence-corrected chi connectivity index (χ1v) is 6.01. The average Bonchev–Trinajstić information content (AvgIpc) is 2.14. The first-order chi connectivity index (χ1) is 6.97. The zero-order chi connectivity index (χ0) is 11.3. The van der Waals surface area contributed by atoms with Gasteiger partial charge in [-0.2, -0.15) is 0 Å². The van der Waals surface area contributed by atoms with Crippen LogP contribution in [-0.2, 0) is 6.42 Å². The number of hydrogen-bond donors (Lipinski definition) is 2. The van der Waals surface area contributed by atoms with Crippen molar-refractivity contribution >= 4 is 15.9 Å². The van der Waals surface area contributed by atoms with Crippen LogP contribution in [0.25, 0.3) is 0 Å². The van der Waals surface area contributed by atoms with E-state index in [2.05, 4.69) is 45.5 Å². The van der Waals surface area contributed by atoms with Gasteiger partial charge in [0.15, 0.2) is 0 Å². The Morgan fingerprint density at radius 2 is 1.87 bits per heavy atom. The number of nitrogens with one attached hydrogen (secondary N) is 1. The van der Waals surface area contributed by atoms with Crippen molar-refractivity contribution in [3.63, 3.8) is 0 Å². The molecule has 0 atom stereocenters. The summed E-state index contributed by atoms with van der Waals surface area (Å²) >= 11 is 3.42. The molecule has 3 N–H and O–H groups in total. The van der Waals surface area contributed by atoms with E-state index in [1.165, 1.54) is 5.56 Å². The van der Waals surface area contributed by atoms with Crippen LogP contribution in [0.5, 0.6) is 0 Å². The molecule has 0 aliphatic carbocycles. The zero-order valence-electron chi connectivity index (χ0n) is 9.39. The van der Waals surface area contributed by atoms with Crippen molar-refractivity contribution in [1.29, 1.82) is 0 Å². The average molecular weight is 271 g/mol. The second-order valence-corrected chi connectivity index (χ2v) is 5.46. The first kappa shape index (κ1) is 12.7. The van der Waals surface area contributed by atoms with Gasteiger partial charge in [-0.05, 0) is 44.5 Å². The Kier molecular flexibility index (Phi) is 4.77. The van der Waals surface area contributed by atoms with Gasteiger partial charge in [-0.3, -0.25) is 0 Å². The lowest BCUT2D eigenvalue weighted by atomic mass is 10.1. The number of nitrogens with two attached hydrogens (primary N) is 1. The van der Waals surface area contributed by atoms with Crippen molar-refractivity contribution < 1.29 is 0 Å². The highest BCUT2D eigenvalue weighted by Crippen LogP contribution is 2.10. The van der Waals surface area contributed by atoms with Crippen molar-refractivity contribution in [2.45, 2.75) is 25.8 Å². The molecule has 3 heteroatoms. The minimum absolute atomic E-state index is 0.125. The Morgan fingerprint density at radius 3 is 2.40 bits per heavy atom. The van der Waals surface area contributed by atoms with Gasteiger partial charge in [0.2, 0.25) is 0 Å². The summed E-state index contributed by atoms with van der Waals surface area (Å²) in [6.07, 6.45) is 1.04. The third kappa shape index (κ3) is 5.92. The summed E-state index contributed by atoms with van der Waals surface area (Å²) in [5, 5.41) is 3.35. The Hall–Kier alpha value is -0.380. The lowest BCUT2D eigenvalue weighted by Gasteiger charge is -2.18. The standard InChI is InChI=1S/C12H19BrN2/c1-12(2,14)9-15-8-7-10-3-5-11(13)6-4-10/h3-6,15H,7-9,14H2,1-2H3. The van der Waals surface area contributed by atoms with Crippen LogP contribution in [0.4, 0.5) is 0 Å². The molecule has 0 saturated carbocycles. The fourth-order valence-corrected chi connectivity index (χ4v) is 1.56. The molecule has 84 valence electrons. The van der Waals surface area contributed by atoms with Gasteiger partial charge in [-0.1, -0.05) is 28.1 Å². The molecular weight excluding hydrogens is 252 g/mol. The van der Waals surface area contributed by atoms with E-state index in [1.807, 2.05) is 13.8 Å². The summed E-state index contributed by atoms with van der Waals surface area (Å²) in [6.45, 7) is 5.88. The summed E-state index contributed by atoms with van der Waals surface area (Å²) in [5.41, 5.74) is 7.09. The van der Waals surface area contributed by atoms with Crippen LogP contribution in [0.1, 0.15) is 19.4 Å². The molecule has 1 rings (SSSR count). The molecule has 0 heterocycles. The Labute approximate surface area is 100 Å². The lowest BCUT2D eigenvalue weighted by molar-refractivity contribution is 0.469. The maximum Gasteiger partial charge on any atom is 0.0223 e. The molecule has 2 nitrogen and oxygen atoms in total. The van der Waals surface area contributed by atoms with Crippen LogP contribution in [0.2, 0.25) is 0 Å². The van der Waals surface area contributed by atoms with E-state index in [1.54, 1.807) is 0 Å². The van der Waals surface area contributed by atoms with Gasteiger partial charge in [-0.25, -0.2) is 0 Å². The molecule has 0 saturated heterocycles. The van der Waals surface area contributed by atoms with Crippen LogP contribution < -0.4 is 11.1 Å². The monoisotopic (exact) mass is 270 g/mol. The van der Waals surface area contributed by atoms with Crippen molar-refractivity contribution in [2.24, 2.45) is 5.73 Å². The van der Waals surface area contributed by atoms with E-state index in [0.717, 1.165) is 24.0 Å². The van der Waals surface area contributed by atoms with Gasteiger partial charge in [0.05, 0.1) is 0 Å². The predicted molar refractivity (Wildman–Crippen MR) is 69.0 cm³/mol. The number of halogens is 1. The normalized spacial score (nSPS) is 11.7. The fraction of sp³-hybridized carbons (Fsp3) is 0.500. The number of benzene rings is 1. The lowest BCUT2D eigenvalue weighted by Crippen LogP contribution is -2.43. The molecule has 0 fully saturated rings. The summed E-state index contributed by atoms with van der Waals surface area (Å²) in [6, 6.07) is 8.42. The third-order valence-corrected chi connectivity index (χ3v) is 2.61. The highest BCUT2D eigenvalue weighted by molar-refractivity contribution is 9.10. The minimum Gasteiger partial charge on any atom is -0.324 e. The maximum atomic E-state index is 5.87. The molecule has 0 radical (unpaired) electrons. The van der Waals surface area contributed by atoms with E-state index in [0.29, 0.717) is 0 Å². The van der Waals surface area contributed by atoms with Gasteiger partial charge in [0, 0.05) is 16.6 Å². The Morgan fingerprint density at radius 1 is 1.27 bits per heavy atom. The van der Waals surface area contributed by atoms with Gasteiger partial charge >= 0.3 is 0 Å². The van der Waals surface area contributed by atoms with E-state index in [4.69, 9.17) is 5.73 Å². The number of rotatable bonds is 5. The third-order valence-electron chi connectivity index (χ3n) is 2.08. The summed E-state index contributed by atoms with van der Waals surface area (Å²) < 4.78 is 1.13. The molecule has 0 unspecified atom stereocenters. The number of hydrogen-bond acceptors (Lipinski definition) is 2. The van der Waals surface area contributed by atoms with Crippen molar-refractivity contribution in [3.05, 3.63) is 34.3 Å².